The number of nitrogens with one attached hydrogen (secondary N) is 1. The first kappa shape index (κ1) is 17.6. The van der Waals surface area contributed by atoms with E-state index in [4.69, 9.17) is 5.11 Å². The van der Waals surface area contributed by atoms with Gasteiger partial charge in [0.05, 0.1) is 23.1 Å². The molecule has 0 saturated heterocycles. The van der Waals surface area contributed by atoms with E-state index in [-0.39, 0.29) is 18.6 Å². The summed E-state index contributed by atoms with van der Waals surface area (Å²) in [6, 6.07) is 7.90. The summed E-state index contributed by atoms with van der Waals surface area (Å²) in [6.07, 6.45) is 4.14. The number of amides is 1. The van der Waals surface area contributed by atoms with Gasteiger partial charge in [0.15, 0.2) is 0 Å². The number of rotatable bonds is 7. The van der Waals surface area contributed by atoms with Gasteiger partial charge in [-0.1, -0.05) is 18.2 Å². The molecule has 0 bridgehead atoms. The predicted molar refractivity (Wildman–Crippen MR) is 94.4 cm³/mol. The standard InChI is InChI=1S/C17H23N3O2S/c1-12-6-4-5-7-16(12)20-13(2)15(10-18-20)17(22)19-14(8-9-21)11-23-3/h4-7,10,14,21H,8-9,11H2,1-3H3,(H,19,22). The molecular weight excluding hydrogens is 310 g/mol. The van der Waals surface area contributed by atoms with Crippen molar-refractivity contribution in [1.29, 1.82) is 0 Å². The van der Waals surface area contributed by atoms with Crippen molar-refractivity contribution in [1.82, 2.24) is 15.1 Å². The van der Waals surface area contributed by atoms with Crippen molar-refractivity contribution in [2.24, 2.45) is 0 Å². The van der Waals surface area contributed by atoms with Gasteiger partial charge >= 0.3 is 0 Å². The number of aromatic nitrogens is 2. The van der Waals surface area contributed by atoms with Crippen LogP contribution in [-0.4, -0.2) is 45.5 Å². The predicted octanol–water partition coefficient (Wildman–Crippen LogP) is 2.33. The summed E-state index contributed by atoms with van der Waals surface area (Å²) in [5.74, 6) is 0.631. The summed E-state index contributed by atoms with van der Waals surface area (Å²) in [5, 5.41) is 16.5. The Hall–Kier alpha value is -1.79. The van der Waals surface area contributed by atoms with Gasteiger partial charge in [-0.3, -0.25) is 4.79 Å². The molecule has 1 amide bonds. The number of nitrogens with zero attached hydrogens (tertiary/aromatic N) is 2. The van der Waals surface area contributed by atoms with E-state index in [1.807, 2.05) is 44.4 Å². The SMILES string of the molecule is CSCC(CCO)NC(=O)c1cnn(-c2ccccc2C)c1C. The molecular formula is C17H23N3O2S. The molecule has 124 valence electrons. The van der Waals surface area contributed by atoms with E-state index in [0.29, 0.717) is 12.0 Å². The maximum Gasteiger partial charge on any atom is 0.255 e. The van der Waals surface area contributed by atoms with Crippen molar-refractivity contribution < 1.29 is 9.90 Å². The van der Waals surface area contributed by atoms with Gasteiger partial charge < -0.3 is 10.4 Å². The molecule has 0 saturated carbocycles. The number of aryl methyl sites for hydroxylation is 1. The highest BCUT2D eigenvalue weighted by atomic mass is 32.2. The monoisotopic (exact) mass is 333 g/mol. The number of aliphatic hydroxyl groups is 1. The Balaban J connectivity index is 2.21. The van der Waals surface area contributed by atoms with Crippen LogP contribution in [0, 0.1) is 13.8 Å². The van der Waals surface area contributed by atoms with Gasteiger partial charge in [0.25, 0.3) is 5.91 Å². The number of para-hydroxylation sites is 1. The van der Waals surface area contributed by atoms with Crippen molar-refractivity contribution in [2.75, 3.05) is 18.6 Å². The van der Waals surface area contributed by atoms with Crippen LogP contribution in [0.15, 0.2) is 30.5 Å². The Labute approximate surface area is 141 Å². The van der Waals surface area contributed by atoms with Gasteiger partial charge in [0.2, 0.25) is 0 Å². The van der Waals surface area contributed by atoms with Crippen LogP contribution in [0.2, 0.25) is 0 Å². The van der Waals surface area contributed by atoms with Crippen molar-refractivity contribution in [3.05, 3.63) is 47.3 Å². The van der Waals surface area contributed by atoms with Crippen molar-refractivity contribution in [2.45, 2.75) is 26.3 Å². The van der Waals surface area contributed by atoms with Crippen LogP contribution in [-0.2, 0) is 0 Å². The van der Waals surface area contributed by atoms with E-state index in [0.717, 1.165) is 22.7 Å². The fourth-order valence-corrected chi connectivity index (χ4v) is 3.15. The van der Waals surface area contributed by atoms with Gasteiger partial charge in [-0.2, -0.15) is 16.9 Å². The fourth-order valence-electron chi connectivity index (χ4n) is 2.49. The zero-order chi connectivity index (χ0) is 16.8. The van der Waals surface area contributed by atoms with Gasteiger partial charge in [0.1, 0.15) is 0 Å². The normalized spacial score (nSPS) is 12.2. The van der Waals surface area contributed by atoms with E-state index in [2.05, 4.69) is 10.4 Å². The second-order valence-electron chi connectivity index (χ2n) is 5.48. The van der Waals surface area contributed by atoms with E-state index < -0.39 is 0 Å². The number of carbonyl (C=O) groups is 1. The third-order valence-corrected chi connectivity index (χ3v) is 4.51. The lowest BCUT2D eigenvalue weighted by atomic mass is 10.1. The van der Waals surface area contributed by atoms with Gasteiger partial charge in [-0.25, -0.2) is 4.68 Å². The summed E-state index contributed by atoms with van der Waals surface area (Å²) in [4.78, 5) is 12.5. The Kier molecular flexibility index (Phi) is 6.24. The molecule has 1 unspecified atom stereocenters. The van der Waals surface area contributed by atoms with Crippen LogP contribution in [0.1, 0.15) is 28.0 Å². The lowest BCUT2D eigenvalue weighted by molar-refractivity contribution is 0.0934. The molecule has 0 aliphatic heterocycles. The zero-order valence-electron chi connectivity index (χ0n) is 13.7. The molecule has 0 fully saturated rings. The second kappa shape index (κ2) is 8.17. The summed E-state index contributed by atoms with van der Waals surface area (Å²) in [5.41, 5.74) is 3.45. The maximum atomic E-state index is 12.5. The maximum absolute atomic E-state index is 12.5. The Morgan fingerprint density at radius 2 is 2.13 bits per heavy atom. The number of thioether (sulfide) groups is 1. The number of carbonyl (C=O) groups excluding carboxylic acids is 1. The van der Waals surface area contributed by atoms with E-state index in [1.54, 1.807) is 22.6 Å². The average molecular weight is 333 g/mol. The summed E-state index contributed by atoms with van der Waals surface area (Å²) in [6.45, 7) is 3.98. The molecule has 0 aliphatic rings. The Morgan fingerprint density at radius 1 is 1.39 bits per heavy atom. The Bertz CT molecular complexity index is 664. The number of hydrogen-bond acceptors (Lipinski definition) is 4. The third kappa shape index (κ3) is 4.14. The van der Waals surface area contributed by atoms with Crippen LogP contribution in [0.25, 0.3) is 5.69 Å². The van der Waals surface area contributed by atoms with Crippen molar-refractivity contribution in [3.8, 4) is 5.69 Å². The molecule has 1 aromatic heterocycles. The van der Waals surface area contributed by atoms with Crippen LogP contribution in [0.5, 0.6) is 0 Å². The molecule has 0 spiro atoms. The lowest BCUT2D eigenvalue weighted by Gasteiger charge is -2.16. The molecule has 1 aromatic carbocycles. The summed E-state index contributed by atoms with van der Waals surface area (Å²) >= 11 is 1.65. The molecule has 1 heterocycles. The average Bonchev–Trinajstić information content (AvgIpc) is 2.90. The van der Waals surface area contributed by atoms with Crippen molar-refractivity contribution in [3.63, 3.8) is 0 Å². The minimum absolute atomic E-state index is 0.0382. The lowest BCUT2D eigenvalue weighted by Crippen LogP contribution is -2.37. The number of hydrogen-bond donors (Lipinski definition) is 2. The summed E-state index contributed by atoms with van der Waals surface area (Å²) < 4.78 is 1.79. The van der Waals surface area contributed by atoms with Crippen LogP contribution in [0.3, 0.4) is 0 Å². The van der Waals surface area contributed by atoms with E-state index in [1.165, 1.54) is 0 Å². The highest BCUT2D eigenvalue weighted by Gasteiger charge is 2.18. The Morgan fingerprint density at radius 3 is 2.78 bits per heavy atom. The number of benzene rings is 1. The molecule has 0 radical (unpaired) electrons. The molecule has 2 N–H and O–H groups in total. The first-order valence-electron chi connectivity index (χ1n) is 7.59. The highest BCUT2D eigenvalue weighted by Crippen LogP contribution is 2.17. The number of aliphatic hydroxyl groups excluding tert-OH is 1. The highest BCUT2D eigenvalue weighted by molar-refractivity contribution is 7.98. The quantitative estimate of drug-likeness (QED) is 0.816. The molecule has 5 nitrogen and oxygen atoms in total. The first-order chi connectivity index (χ1) is 11.1. The summed E-state index contributed by atoms with van der Waals surface area (Å²) in [7, 11) is 0. The molecule has 0 aliphatic carbocycles. The fraction of sp³-hybridized carbons (Fsp3) is 0.412. The van der Waals surface area contributed by atoms with E-state index >= 15 is 0 Å². The van der Waals surface area contributed by atoms with Gasteiger partial charge in [0, 0.05) is 18.4 Å². The molecule has 6 heteroatoms. The topological polar surface area (TPSA) is 67.2 Å². The smallest absolute Gasteiger partial charge is 0.255 e. The first-order valence-corrected chi connectivity index (χ1v) is 8.99. The molecule has 1 atom stereocenters. The van der Waals surface area contributed by atoms with E-state index in [9.17, 15) is 4.79 Å². The van der Waals surface area contributed by atoms with Crippen molar-refractivity contribution >= 4 is 17.7 Å². The van der Waals surface area contributed by atoms with Gasteiger partial charge in [-0.05, 0) is 38.2 Å². The van der Waals surface area contributed by atoms with Gasteiger partial charge in [-0.15, -0.1) is 0 Å². The van der Waals surface area contributed by atoms with Crippen LogP contribution >= 0.6 is 11.8 Å². The second-order valence-corrected chi connectivity index (χ2v) is 6.39. The zero-order valence-corrected chi connectivity index (χ0v) is 14.6. The molecule has 2 aromatic rings. The molecule has 2 rings (SSSR count). The largest absolute Gasteiger partial charge is 0.396 e. The van der Waals surface area contributed by atoms with Crippen LogP contribution < -0.4 is 5.32 Å². The molecule has 23 heavy (non-hydrogen) atoms. The van der Waals surface area contributed by atoms with Crippen LogP contribution in [0.4, 0.5) is 0 Å². The minimum atomic E-state index is -0.144. The third-order valence-electron chi connectivity index (χ3n) is 3.78. The minimum Gasteiger partial charge on any atom is -0.396 e.